The molecule has 3 N–H and O–H groups in total. The van der Waals surface area contributed by atoms with E-state index in [0.29, 0.717) is 43.5 Å². The molecule has 1 aliphatic heterocycles. The predicted molar refractivity (Wildman–Crippen MR) is 120 cm³/mol. The van der Waals surface area contributed by atoms with E-state index in [1.165, 1.54) is 0 Å². The number of ether oxygens (including phenoxy) is 2. The Labute approximate surface area is 183 Å². The van der Waals surface area contributed by atoms with E-state index in [-0.39, 0.29) is 41.9 Å². The molecule has 1 aliphatic rings. The number of halogens is 1. The van der Waals surface area contributed by atoms with Crippen molar-refractivity contribution in [3.05, 3.63) is 23.8 Å². The van der Waals surface area contributed by atoms with Crippen molar-refractivity contribution in [1.82, 2.24) is 15.5 Å². The number of carbonyl (C=O) groups is 1. The van der Waals surface area contributed by atoms with Gasteiger partial charge in [-0.3, -0.25) is 0 Å². The Balaban J connectivity index is 0.00000392. The minimum Gasteiger partial charge on any atom is -0.508 e. The topological polar surface area (TPSA) is 95.4 Å². The van der Waals surface area contributed by atoms with Gasteiger partial charge in [-0.25, -0.2) is 9.79 Å². The Hall–Kier alpha value is -1.91. The second-order valence-electron chi connectivity index (χ2n) is 7.42. The largest absolute Gasteiger partial charge is 0.508 e. The molecule has 1 aromatic rings. The highest BCUT2D eigenvalue weighted by Crippen LogP contribution is 2.23. The van der Waals surface area contributed by atoms with Crippen molar-refractivity contribution in [1.29, 1.82) is 0 Å². The van der Waals surface area contributed by atoms with Gasteiger partial charge in [0.1, 0.15) is 17.1 Å². The third-order valence-corrected chi connectivity index (χ3v) is 3.91. The summed E-state index contributed by atoms with van der Waals surface area (Å²) in [5.41, 5.74) is 0.181. The minimum absolute atomic E-state index is 0. The van der Waals surface area contributed by atoms with Gasteiger partial charge in [0.2, 0.25) is 0 Å². The Morgan fingerprint density at radius 1 is 1.36 bits per heavy atom. The molecule has 0 bridgehead atoms. The van der Waals surface area contributed by atoms with E-state index in [4.69, 9.17) is 9.47 Å². The lowest BCUT2D eigenvalue weighted by Gasteiger charge is -2.40. The average Bonchev–Trinajstić information content (AvgIpc) is 2.54. The summed E-state index contributed by atoms with van der Waals surface area (Å²) in [5, 5.41) is 16.4. The molecule has 1 heterocycles. The van der Waals surface area contributed by atoms with Gasteiger partial charge in [0.25, 0.3) is 0 Å². The number of rotatable bonds is 5. The number of carbonyl (C=O) groups excluding carboxylic acids is 1. The number of methoxy groups -OCH3 is 1. The van der Waals surface area contributed by atoms with Crippen LogP contribution in [0.4, 0.5) is 4.79 Å². The van der Waals surface area contributed by atoms with Crippen molar-refractivity contribution < 1.29 is 19.4 Å². The van der Waals surface area contributed by atoms with Crippen LogP contribution < -0.4 is 15.4 Å². The molecular formula is C19H31IN4O4. The molecule has 0 radical (unpaired) electrons. The van der Waals surface area contributed by atoms with Gasteiger partial charge in [0.05, 0.1) is 19.7 Å². The summed E-state index contributed by atoms with van der Waals surface area (Å²) in [6.07, 6.45) is -0.302. The van der Waals surface area contributed by atoms with Crippen molar-refractivity contribution in [2.45, 2.75) is 45.9 Å². The molecule has 1 aromatic carbocycles. The van der Waals surface area contributed by atoms with Crippen LogP contribution >= 0.6 is 24.0 Å². The van der Waals surface area contributed by atoms with Gasteiger partial charge in [-0.2, -0.15) is 0 Å². The van der Waals surface area contributed by atoms with Gasteiger partial charge in [0, 0.05) is 25.2 Å². The highest BCUT2D eigenvalue weighted by molar-refractivity contribution is 14.0. The third-order valence-electron chi connectivity index (χ3n) is 3.91. The van der Waals surface area contributed by atoms with Crippen molar-refractivity contribution in [3.8, 4) is 11.5 Å². The number of aromatic hydroxyl groups is 1. The molecule has 158 valence electrons. The highest BCUT2D eigenvalue weighted by Gasteiger charge is 2.34. The Kier molecular flexibility index (Phi) is 9.12. The summed E-state index contributed by atoms with van der Waals surface area (Å²) < 4.78 is 10.5. The molecule has 0 aromatic heterocycles. The summed E-state index contributed by atoms with van der Waals surface area (Å²) in [5.74, 6) is 1.48. The summed E-state index contributed by atoms with van der Waals surface area (Å²) >= 11 is 0. The number of phenols is 1. The van der Waals surface area contributed by atoms with Crippen LogP contribution in [0.15, 0.2) is 23.2 Å². The van der Waals surface area contributed by atoms with Crippen molar-refractivity contribution >= 4 is 36.0 Å². The molecule has 1 fully saturated rings. The zero-order valence-corrected chi connectivity index (χ0v) is 19.4. The van der Waals surface area contributed by atoms with Crippen LogP contribution in [-0.2, 0) is 11.3 Å². The molecule has 1 amide bonds. The van der Waals surface area contributed by atoms with Crippen LogP contribution in [-0.4, -0.2) is 60.4 Å². The average molecular weight is 506 g/mol. The number of nitrogens with zero attached hydrogens (tertiary/aromatic N) is 2. The Bertz CT molecular complexity index is 685. The fourth-order valence-corrected chi connectivity index (χ4v) is 2.54. The Morgan fingerprint density at radius 2 is 2.04 bits per heavy atom. The van der Waals surface area contributed by atoms with E-state index in [9.17, 15) is 9.90 Å². The van der Waals surface area contributed by atoms with E-state index in [2.05, 4.69) is 15.6 Å². The molecule has 0 spiro atoms. The minimum atomic E-state index is -0.495. The van der Waals surface area contributed by atoms with Crippen LogP contribution in [0.1, 0.15) is 33.3 Å². The highest BCUT2D eigenvalue weighted by atomic mass is 127. The first-order valence-electron chi connectivity index (χ1n) is 9.10. The molecule has 28 heavy (non-hydrogen) atoms. The predicted octanol–water partition coefficient (Wildman–Crippen LogP) is 2.69. The van der Waals surface area contributed by atoms with E-state index in [1.54, 1.807) is 30.2 Å². The SMILES string of the molecule is CCNC(=NCc1cc(OC)ccc1O)NC1CN(C(=O)OC(C)(C)C)C1.I. The molecular weight excluding hydrogens is 475 g/mol. The molecule has 1 saturated heterocycles. The van der Waals surface area contributed by atoms with Crippen molar-refractivity contribution in [2.24, 2.45) is 4.99 Å². The summed E-state index contributed by atoms with van der Waals surface area (Å²) in [4.78, 5) is 18.2. The molecule has 8 nitrogen and oxygen atoms in total. The Morgan fingerprint density at radius 3 is 2.61 bits per heavy atom. The van der Waals surface area contributed by atoms with Gasteiger partial charge >= 0.3 is 6.09 Å². The number of hydrogen-bond acceptors (Lipinski definition) is 5. The normalized spacial score (nSPS) is 14.6. The molecule has 0 saturated carbocycles. The number of amides is 1. The fraction of sp³-hybridized carbons (Fsp3) is 0.579. The number of hydrogen-bond donors (Lipinski definition) is 3. The van der Waals surface area contributed by atoms with Crippen molar-refractivity contribution in [2.75, 3.05) is 26.7 Å². The maximum absolute atomic E-state index is 12.0. The standard InChI is InChI=1S/C19H30N4O4.HI/c1-6-20-17(21-10-13-9-15(26-5)7-8-16(13)24)22-14-11-23(12-14)18(25)27-19(2,3)4;/h7-9,14,24H,6,10-12H2,1-5H3,(H2,20,21,22);1H. The van der Waals surface area contributed by atoms with Gasteiger partial charge in [0.15, 0.2) is 5.96 Å². The second kappa shape index (κ2) is 10.6. The smallest absolute Gasteiger partial charge is 0.410 e. The number of nitrogens with one attached hydrogen (secondary N) is 2. The van der Waals surface area contributed by atoms with Crippen LogP contribution in [0.5, 0.6) is 11.5 Å². The van der Waals surface area contributed by atoms with E-state index in [1.807, 2.05) is 27.7 Å². The van der Waals surface area contributed by atoms with Crippen molar-refractivity contribution in [3.63, 3.8) is 0 Å². The van der Waals surface area contributed by atoms with Crippen LogP contribution in [0.2, 0.25) is 0 Å². The second-order valence-corrected chi connectivity index (χ2v) is 7.42. The summed E-state index contributed by atoms with van der Waals surface area (Å²) in [7, 11) is 1.58. The fourth-order valence-electron chi connectivity index (χ4n) is 2.54. The van der Waals surface area contributed by atoms with Crippen LogP contribution in [0.25, 0.3) is 0 Å². The lowest BCUT2D eigenvalue weighted by atomic mass is 10.1. The van der Waals surface area contributed by atoms with Gasteiger partial charge in [-0.1, -0.05) is 0 Å². The van der Waals surface area contributed by atoms with Gasteiger partial charge in [-0.05, 0) is 45.9 Å². The lowest BCUT2D eigenvalue weighted by Crippen LogP contribution is -2.63. The van der Waals surface area contributed by atoms with Gasteiger partial charge < -0.3 is 30.1 Å². The number of aliphatic imine (C=N–C) groups is 1. The number of guanidine groups is 1. The van der Waals surface area contributed by atoms with E-state index in [0.717, 1.165) is 0 Å². The van der Waals surface area contributed by atoms with E-state index >= 15 is 0 Å². The quantitative estimate of drug-likeness (QED) is 0.323. The van der Waals surface area contributed by atoms with Gasteiger partial charge in [-0.15, -0.1) is 24.0 Å². The first kappa shape index (κ1) is 24.1. The molecule has 9 heteroatoms. The third kappa shape index (κ3) is 7.25. The van der Waals surface area contributed by atoms with Crippen LogP contribution in [0.3, 0.4) is 0 Å². The molecule has 0 aliphatic carbocycles. The first-order chi connectivity index (χ1) is 12.7. The molecule has 2 rings (SSSR count). The maximum Gasteiger partial charge on any atom is 0.410 e. The zero-order valence-electron chi connectivity index (χ0n) is 17.1. The summed E-state index contributed by atoms with van der Waals surface area (Å²) in [6.45, 7) is 9.67. The van der Waals surface area contributed by atoms with Crippen LogP contribution in [0, 0.1) is 0 Å². The number of likely N-dealkylation sites (tertiary alicyclic amines) is 1. The number of benzene rings is 1. The lowest BCUT2D eigenvalue weighted by molar-refractivity contribution is 0.00700. The zero-order chi connectivity index (χ0) is 20.0. The monoisotopic (exact) mass is 506 g/mol. The molecule has 0 atom stereocenters. The first-order valence-corrected chi connectivity index (χ1v) is 9.10. The maximum atomic E-state index is 12.0. The molecule has 0 unspecified atom stereocenters. The number of phenolic OH excluding ortho intramolecular Hbond substituents is 1. The van der Waals surface area contributed by atoms with E-state index < -0.39 is 5.60 Å². The summed E-state index contributed by atoms with van der Waals surface area (Å²) in [6, 6.07) is 5.16.